The summed E-state index contributed by atoms with van der Waals surface area (Å²) in [5.41, 5.74) is 0.629. The molecule has 0 spiro atoms. The summed E-state index contributed by atoms with van der Waals surface area (Å²) in [6, 6.07) is 0. The average molecular weight is 254 g/mol. The third kappa shape index (κ3) is 6.19. The molecule has 0 aromatic carbocycles. The van der Waals surface area contributed by atoms with Crippen LogP contribution < -0.4 is 5.32 Å². The molecule has 1 aliphatic rings. The Bertz CT molecular complexity index is 195. The summed E-state index contributed by atoms with van der Waals surface area (Å²) in [5, 5.41) is 3.58. The van der Waals surface area contributed by atoms with Crippen LogP contribution in [0.3, 0.4) is 0 Å². The van der Waals surface area contributed by atoms with Gasteiger partial charge in [0.25, 0.3) is 0 Å². The molecular weight excluding hydrogens is 220 g/mol. The lowest BCUT2D eigenvalue weighted by Crippen LogP contribution is -2.41. The third-order valence-corrected chi connectivity index (χ3v) is 4.73. The number of hydrogen-bond acceptors (Lipinski definition) is 2. The zero-order valence-corrected chi connectivity index (χ0v) is 12.9. The van der Waals surface area contributed by atoms with E-state index in [2.05, 4.69) is 31.0 Å². The lowest BCUT2D eigenvalue weighted by atomic mass is 9.78. The Morgan fingerprint density at radius 3 is 2.33 bits per heavy atom. The van der Waals surface area contributed by atoms with Crippen molar-refractivity contribution in [3.8, 4) is 0 Å². The fourth-order valence-electron chi connectivity index (χ4n) is 2.71. The Morgan fingerprint density at radius 1 is 1.00 bits per heavy atom. The van der Waals surface area contributed by atoms with Crippen molar-refractivity contribution in [3.05, 3.63) is 0 Å². The van der Waals surface area contributed by atoms with Crippen LogP contribution in [0.15, 0.2) is 0 Å². The summed E-state index contributed by atoms with van der Waals surface area (Å²) in [6.45, 7) is 13.3. The van der Waals surface area contributed by atoms with Gasteiger partial charge in [0.2, 0.25) is 0 Å². The monoisotopic (exact) mass is 254 g/mol. The Labute approximate surface area is 115 Å². The van der Waals surface area contributed by atoms with Gasteiger partial charge >= 0.3 is 0 Å². The highest BCUT2D eigenvalue weighted by molar-refractivity contribution is 4.81. The third-order valence-electron chi connectivity index (χ3n) is 4.73. The van der Waals surface area contributed by atoms with Crippen LogP contribution in [-0.2, 0) is 0 Å². The molecule has 1 rings (SSSR count). The quantitative estimate of drug-likeness (QED) is 0.632. The van der Waals surface area contributed by atoms with Crippen LogP contribution in [0.25, 0.3) is 0 Å². The molecule has 108 valence electrons. The van der Waals surface area contributed by atoms with Crippen LogP contribution in [-0.4, -0.2) is 37.6 Å². The van der Waals surface area contributed by atoms with Gasteiger partial charge in [0.15, 0.2) is 0 Å². The van der Waals surface area contributed by atoms with E-state index < -0.39 is 0 Å². The predicted octanol–water partition coefficient (Wildman–Crippen LogP) is 3.67. The smallest absolute Gasteiger partial charge is 0.0107 e. The van der Waals surface area contributed by atoms with Gasteiger partial charge in [0.05, 0.1) is 0 Å². The number of unbranched alkanes of at least 4 members (excludes halogenated alkanes) is 3. The fourth-order valence-corrected chi connectivity index (χ4v) is 2.71. The van der Waals surface area contributed by atoms with E-state index in [0.29, 0.717) is 5.41 Å². The van der Waals surface area contributed by atoms with Gasteiger partial charge < -0.3 is 10.2 Å². The minimum Gasteiger partial charge on any atom is -0.315 e. The maximum Gasteiger partial charge on any atom is 0.0107 e. The van der Waals surface area contributed by atoms with Gasteiger partial charge in [0, 0.05) is 13.1 Å². The van der Waals surface area contributed by atoms with Crippen LogP contribution >= 0.6 is 0 Å². The normalized spacial score (nSPS) is 20.2. The van der Waals surface area contributed by atoms with E-state index in [9.17, 15) is 0 Å². The van der Waals surface area contributed by atoms with Crippen LogP contribution in [0, 0.1) is 5.41 Å². The zero-order valence-electron chi connectivity index (χ0n) is 12.9. The first-order valence-corrected chi connectivity index (χ1v) is 8.13. The molecule has 0 atom stereocenters. The summed E-state index contributed by atoms with van der Waals surface area (Å²) in [5.74, 6) is 0. The first-order chi connectivity index (χ1) is 8.70. The molecule has 2 nitrogen and oxygen atoms in total. The summed E-state index contributed by atoms with van der Waals surface area (Å²) in [4.78, 5) is 2.64. The van der Waals surface area contributed by atoms with E-state index in [1.54, 1.807) is 0 Å². The van der Waals surface area contributed by atoms with Crippen LogP contribution in [0.4, 0.5) is 0 Å². The van der Waals surface area contributed by atoms with Gasteiger partial charge in [-0.1, -0.05) is 46.5 Å². The van der Waals surface area contributed by atoms with E-state index in [4.69, 9.17) is 0 Å². The number of piperidine rings is 1. The molecular formula is C16H34N2. The predicted molar refractivity (Wildman–Crippen MR) is 81.1 cm³/mol. The Balaban J connectivity index is 1.95. The van der Waals surface area contributed by atoms with E-state index in [0.717, 1.165) is 0 Å². The van der Waals surface area contributed by atoms with Crippen molar-refractivity contribution in [3.63, 3.8) is 0 Å². The van der Waals surface area contributed by atoms with E-state index in [-0.39, 0.29) is 0 Å². The Morgan fingerprint density at radius 2 is 1.72 bits per heavy atom. The van der Waals surface area contributed by atoms with E-state index in [1.165, 1.54) is 77.7 Å². The largest absolute Gasteiger partial charge is 0.315 e. The molecule has 1 fully saturated rings. The average Bonchev–Trinajstić information content (AvgIpc) is 2.40. The van der Waals surface area contributed by atoms with Crippen molar-refractivity contribution in [2.24, 2.45) is 5.41 Å². The molecule has 0 aromatic rings. The van der Waals surface area contributed by atoms with Crippen molar-refractivity contribution in [1.82, 2.24) is 10.2 Å². The second-order valence-electron chi connectivity index (χ2n) is 6.32. The molecule has 0 bridgehead atoms. The maximum absolute atomic E-state index is 3.58. The molecule has 0 unspecified atom stereocenters. The highest BCUT2D eigenvalue weighted by Crippen LogP contribution is 2.33. The van der Waals surface area contributed by atoms with Gasteiger partial charge in [-0.05, 0) is 44.3 Å². The van der Waals surface area contributed by atoms with Crippen molar-refractivity contribution >= 4 is 0 Å². The lowest BCUT2D eigenvalue weighted by Gasteiger charge is -2.38. The molecule has 0 saturated carbocycles. The highest BCUT2D eigenvalue weighted by atomic mass is 15.1. The van der Waals surface area contributed by atoms with Crippen LogP contribution in [0.1, 0.15) is 65.7 Å². The lowest BCUT2D eigenvalue weighted by molar-refractivity contribution is 0.115. The van der Waals surface area contributed by atoms with E-state index >= 15 is 0 Å². The molecule has 1 heterocycles. The second kappa shape index (κ2) is 8.92. The molecule has 18 heavy (non-hydrogen) atoms. The Hall–Kier alpha value is -0.0800. The molecule has 1 aliphatic heterocycles. The fraction of sp³-hybridized carbons (Fsp3) is 1.00. The van der Waals surface area contributed by atoms with Crippen molar-refractivity contribution in [2.75, 3.05) is 32.7 Å². The van der Waals surface area contributed by atoms with Crippen molar-refractivity contribution in [2.45, 2.75) is 65.7 Å². The molecule has 1 saturated heterocycles. The van der Waals surface area contributed by atoms with E-state index in [1.807, 2.05) is 0 Å². The summed E-state index contributed by atoms with van der Waals surface area (Å²) in [6.07, 6.45) is 9.59. The molecule has 1 N–H and O–H groups in total. The van der Waals surface area contributed by atoms with Gasteiger partial charge in [-0.25, -0.2) is 0 Å². The molecule has 0 amide bonds. The number of likely N-dealkylation sites (tertiary alicyclic amines) is 1. The first-order valence-electron chi connectivity index (χ1n) is 8.13. The summed E-state index contributed by atoms with van der Waals surface area (Å²) in [7, 11) is 0. The summed E-state index contributed by atoms with van der Waals surface area (Å²) >= 11 is 0. The number of rotatable bonds is 9. The van der Waals surface area contributed by atoms with Crippen molar-refractivity contribution < 1.29 is 0 Å². The van der Waals surface area contributed by atoms with Gasteiger partial charge in [-0.2, -0.15) is 0 Å². The second-order valence-corrected chi connectivity index (χ2v) is 6.32. The number of hydrogen-bond donors (Lipinski definition) is 1. The Kier molecular flexibility index (Phi) is 7.92. The zero-order chi connectivity index (χ0) is 13.3. The van der Waals surface area contributed by atoms with Gasteiger partial charge in [0.1, 0.15) is 0 Å². The van der Waals surface area contributed by atoms with Crippen LogP contribution in [0.5, 0.6) is 0 Å². The molecule has 0 radical (unpaired) electrons. The molecule has 0 aliphatic carbocycles. The SMILES string of the molecule is CCCCCCNCCN1CCC(C)(CC)CC1. The standard InChI is InChI=1S/C16H34N2/c1-4-6-7-8-11-17-12-15-18-13-9-16(3,5-2)10-14-18/h17H,4-15H2,1-3H3. The number of nitrogens with zero attached hydrogens (tertiary/aromatic N) is 1. The number of nitrogens with one attached hydrogen (secondary N) is 1. The van der Waals surface area contributed by atoms with Gasteiger partial charge in [-0.15, -0.1) is 0 Å². The van der Waals surface area contributed by atoms with Gasteiger partial charge in [-0.3, -0.25) is 0 Å². The molecule has 2 heteroatoms. The molecule has 0 aromatic heterocycles. The minimum absolute atomic E-state index is 0.629. The first kappa shape index (κ1) is 16.0. The topological polar surface area (TPSA) is 15.3 Å². The summed E-state index contributed by atoms with van der Waals surface area (Å²) < 4.78 is 0. The minimum atomic E-state index is 0.629. The van der Waals surface area contributed by atoms with Crippen molar-refractivity contribution in [1.29, 1.82) is 0 Å². The maximum atomic E-state index is 3.58. The van der Waals surface area contributed by atoms with Crippen LogP contribution in [0.2, 0.25) is 0 Å². The highest BCUT2D eigenvalue weighted by Gasteiger charge is 2.27.